The van der Waals surface area contributed by atoms with Crippen molar-refractivity contribution in [1.82, 2.24) is 4.90 Å². The lowest BCUT2D eigenvalue weighted by atomic mass is 9.75. The number of ether oxygens (including phenoxy) is 1. The molecule has 2 rings (SSSR count). The zero-order valence-electron chi connectivity index (χ0n) is 10.9. The van der Waals surface area contributed by atoms with Crippen LogP contribution in [0.2, 0.25) is 0 Å². The van der Waals surface area contributed by atoms with Crippen LogP contribution in [0.5, 0.6) is 0 Å². The minimum atomic E-state index is -0.422. The fourth-order valence-electron chi connectivity index (χ4n) is 2.58. The van der Waals surface area contributed by atoms with Gasteiger partial charge >= 0.3 is 0 Å². The first-order valence-corrected chi connectivity index (χ1v) is 6.71. The van der Waals surface area contributed by atoms with E-state index in [2.05, 4.69) is 46.0 Å². The van der Waals surface area contributed by atoms with Gasteiger partial charge in [0.15, 0.2) is 0 Å². The maximum atomic E-state index is 9.51. The summed E-state index contributed by atoms with van der Waals surface area (Å²) in [5.74, 6) is 0. The second kappa shape index (κ2) is 5.00. The molecule has 1 aliphatic heterocycles. The van der Waals surface area contributed by atoms with Crippen molar-refractivity contribution in [1.29, 1.82) is 5.26 Å². The van der Waals surface area contributed by atoms with Gasteiger partial charge in [0.1, 0.15) is 5.41 Å². The Labute approximate surface area is 116 Å². The molecule has 18 heavy (non-hydrogen) atoms. The number of hydrogen-bond acceptors (Lipinski definition) is 3. The van der Waals surface area contributed by atoms with Crippen molar-refractivity contribution in [3.05, 3.63) is 33.8 Å². The molecular formula is C14H17BrN2O. The van der Waals surface area contributed by atoms with Crippen molar-refractivity contribution in [2.45, 2.75) is 13.0 Å². The van der Waals surface area contributed by atoms with Crippen LogP contribution in [0.25, 0.3) is 0 Å². The number of benzene rings is 1. The molecule has 0 N–H and O–H groups in total. The second-order valence-electron chi connectivity index (χ2n) is 5.13. The summed E-state index contributed by atoms with van der Waals surface area (Å²) < 4.78 is 6.34. The number of hydrogen-bond donors (Lipinski definition) is 0. The first-order chi connectivity index (χ1) is 8.50. The lowest BCUT2D eigenvalue weighted by Gasteiger charge is -2.45. The molecule has 0 radical (unpaired) electrons. The third-order valence-electron chi connectivity index (χ3n) is 3.52. The average Bonchev–Trinajstić information content (AvgIpc) is 2.26. The standard InChI is InChI=1S/C14H17BrN2O/c1-10-4-5-11(15)6-12(10)13(17(2)3)14(7-16)8-18-9-14/h4-6,13H,8-9H2,1-3H3. The molecule has 0 bridgehead atoms. The molecule has 0 saturated carbocycles. The Morgan fingerprint density at radius 1 is 1.44 bits per heavy atom. The van der Waals surface area contributed by atoms with Gasteiger partial charge in [-0.05, 0) is 44.3 Å². The van der Waals surface area contributed by atoms with Crippen molar-refractivity contribution in [3.63, 3.8) is 0 Å². The van der Waals surface area contributed by atoms with Crippen LogP contribution in [-0.2, 0) is 4.74 Å². The van der Waals surface area contributed by atoms with Gasteiger partial charge < -0.3 is 9.64 Å². The number of rotatable bonds is 3. The smallest absolute Gasteiger partial charge is 0.123 e. The first kappa shape index (κ1) is 13.5. The van der Waals surface area contributed by atoms with Crippen molar-refractivity contribution in [2.75, 3.05) is 27.3 Å². The maximum Gasteiger partial charge on any atom is 0.123 e. The van der Waals surface area contributed by atoms with Crippen molar-refractivity contribution < 1.29 is 4.74 Å². The van der Waals surface area contributed by atoms with Crippen molar-refractivity contribution in [2.24, 2.45) is 5.41 Å². The van der Waals surface area contributed by atoms with E-state index in [1.165, 1.54) is 11.1 Å². The molecule has 4 heteroatoms. The van der Waals surface area contributed by atoms with Crippen LogP contribution < -0.4 is 0 Å². The Morgan fingerprint density at radius 2 is 2.11 bits per heavy atom. The highest BCUT2D eigenvalue weighted by Gasteiger charge is 2.48. The highest BCUT2D eigenvalue weighted by atomic mass is 79.9. The summed E-state index contributed by atoms with van der Waals surface area (Å²) in [5, 5.41) is 9.51. The molecule has 96 valence electrons. The van der Waals surface area contributed by atoms with Crippen LogP contribution in [0, 0.1) is 23.7 Å². The fourth-order valence-corrected chi connectivity index (χ4v) is 2.96. The molecule has 3 nitrogen and oxygen atoms in total. The van der Waals surface area contributed by atoms with Gasteiger partial charge in [0.05, 0.1) is 25.3 Å². The highest BCUT2D eigenvalue weighted by Crippen LogP contribution is 2.44. The molecule has 1 aromatic carbocycles. The minimum absolute atomic E-state index is 0.0637. The SMILES string of the molecule is Cc1ccc(Br)cc1C(N(C)C)C1(C#N)COC1. The van der Waals surface area contributed by atoms with Gasteiger partial charge in [-0.1, -0.05) is 22.0 Å². The van der Waals surface area contributed by atoms with E-state index in [1.807, 2.05) is 20.2 Å². The summed E-state index contributed by atoms with van der Waals surface area (Å²) in [7, 11) is 4.03. The number of aryl methyl sites for hydroxylation is 1. The fraction of sp³-hybridized carbons (Fsp3) is 0.500. The zero-order chi connectivity index (χ0) is 13.3. The summed E-state index contributed by atoms with van der Waals surface area (Å²) in [4.78, 5) is 2.11. The Hall–Kier alpha value is -0.890. The lowest BCUT2D eigenvalue weighted by molar-refractivity contribution is -0.115. The Kier molecular flexibility index (Phi) is 3.76. The van der Waals surface area contributed by atoms with Crippen LogP contribution in [0.15, 0.2) is 22.7 Å². The predicted molar refractivity (Wildman–Crippen MR) is 74.2 cm³/mol. The van der Waals surface area contributed by atoms with Gasteiger partial charge in [-0.15, -0.1) is 0 Å². The van der Waals surface area contributed by atoms with E-state index < -0.39 is 5.41 Å². The van der Waals surface area contributed by atoms with Crippen LogP contribution in [-0.4, -0.2) is 32.2 Å². The third-order valence-corrected chi connectivity index (χ3v) is 4.01. The minimum Gasteiger partial charge on any atom is -0.378 e. The maximum absolute atomic E-state index is 9.51. The van der Waals surface area contributed by atoms with Gasteiger partial charge in [-0.3, -0.25) is 0 Å². The van der Waals surface area contributed by atoms with Crippen molar-refractivity contribution in [3.8, 4) is 6.07 Å². The lowest BCUT2D eigenvalue weighted by Crippen LogP contribution is -2.50. The van der Waals surface area contributed by atoms with E-state index >= 15 is 0 Å². The van der Waals surface area contributed by atoms with Crippen LogP contribution >= 0.6 is 15.9 Å². The van der Waals surface area contributed by atoms with E-state index in [-0.39, 0.29) is 6.04 Å². The molecule has 1 heterocycles. The third kappa shape index (κ3) is 2.18. The van der Waals surface area contributed by atoms with Gasteiger partial charge in [0.25, 0.3) is 0 Å². The molecule has 1 unspecified atom stereocenters. The van der Waals surface area contributed by atoms with Crippen LogP contribution in [0.4, 0.5) is 0 Å². The largest absolute Gasteiger partial charge is 0.378 e. The molecule has 1 aromatic rings. The van der Waals surface area contributed by atoms with Gasteiger partial charge in [-0.2, -0.15) is 5.26 Å². The topological polar surface area (TPSA) is 36.3 Å². The quantitative estimate of drug-likeness (QED) is 0.861. The summed E-state index contributed by atoms with van der Waals surface area (Å²) in [6.07, 6.45) is 0. The van der Waals surface area contributed by atoms with E-state index in [1.54, 1.807) is 0 Å². The average molecular weight is 309 g/mol. The summed E-state index contributed by atoms with van der Waals surface area (Å²) in [5.41, 5.74) is 1.98. The second-order valence-corrected chi connectivity index (χ2v) is 6.04. The van der Waals surface area contributed by atoms with Gasteiger partial charge in [-0.25, -0.2) is 0 Å². The predicted octanol–water partition coefficient (Wildman–Crippen LogP) is 2.90. The van der Waals surface area contributed by atoms with E-state index in [0.29, 0.717) is 13.2 Å². The van der Waals surface area contributed by atoms with Gasteiger partial charge in [0.2, 0.25) is 0 Å². The monoisotopic (exact) mass is 308 g/mol. The van der Waals surface area contributed by atoms with Crippen LogP contribution in [0.1, 0.15) is 17.2 Å². The first-order valence-electron chi connectivity index (χ1n) is 5.92. The zero-order valence-corrected chi connectivity index (χ0v) is 12.5. The Bertz CT molecular complexity index is 489. The van der Waals surface area contributed by atoms with E-state index in [9.17, 15) is 5.26 Å². The molecule has 0 aliphatic carbocycles. The number of halogens is 1. The number of nitrogens with zero attached hydrogens (tertiary/aromatic N) is 2. The number of nitriles is 1. The highest BCUT2D eigenvalue weighted by molar-refractivity contribution is 9.10. The molecule has 0 amide bonds. The molecular weight excluding hydrogens is 292 g/mol. The molecule has 1 aliphatic rings. The summed E-state index contributed by atoms with van der Waals surface area (Å²) in [6.45, 7) is 3.11. The van der Waals surface area contributed by atoms with Crippen molar-refractivity contribution >= 4 is 15.9 Å². The van der Waals surface area contributed by atoms with Gasteiger partial charge in [0, 0.05) is 4.47 Å². The summed E-state index contributed by atoms with van der Waals surface area (Å²) in [6, 6.07) is 8.75. The molecule has 1 atom stereocenters. The Balaban J connectivity index is 2.49. The molecule has 0 spiro atoms. The van der Waals surface area contributed by atoms with E-state index in [4.69, 9.17) is 4.74 Å². The summed E-state index contributed by atoms with van der Waals surface area (Å²) >= 11 is 3.51. The van der Waals surface area contributed by atoms with E-state index in [0.717, 1.165) is 4.47 Å². The molecule has 1 fully saturated rings. The molecule has 1 saturated heterocycles. The Morgan fingerprint density at radius 3 is 2.56 bits per heavy atom. The molecule has 0 aromatic heterocycles. The van der Waals surface area contributed by atoms with Crippen LogP contribution in [0.3, 0.4) is 0 Å². The normalized spacial score (nSPS) is 19.1.